The summed E-state index contributed by atoms with van der Waals surface area (Å²) < 4.78 is 11.8. The van der Waals surface area contributed by atoms with E-state index in [-0.39, 0.29) is 68.4 Å². The molecule has 13 nitrogen and oxygen atoms in total. The predicted octanol–water partition coefficient (Wildman–Crippen LogP) is 5.40. The maximum absolute atomic E-state index is 12.8. The summed E-state index contributed by atoms with van der Waals surface area (Å²) in [5.41, 5.74) is 15.9. The molecule has 1 spiro atoms. The zero-order valence-corrected chi connectivity index (χ0v) is 35.1. The number of fused-ring (bicyclic) bond motifs is 6. The number of nitrogens with one attached hydrogen (secondary N) is 1. The van der Waals surface area contributed by atoms with E-state index < -0.39 is 29.3 Å². The fourth-order valence-corrected chi connectivity index (χ4v) is 5.96. The fraction of sp³-hybridized carbons (Fsp3) is 0.186. The van der Waals surface area contributed by atoms with Gasteiger partial charge >= 0.3 is 57.4 Å². The van der Waals surface area contributed by atoms with Gasteiger partial charge in [-0.2, -0.15) is 34.8 Å². The van der Waals surface area contributed by atoms with E-state index in [0.29, 0.717) is 51.4 Å². The van der Waals surface area contributed by atoms with Crippen molar-refractivity contribution in [1.82, 2.24) is 0 Å². The normalized spacial score (nSPS) is 13.1. The number of nitrogens with zero attached hydrogens (tertiary/aromatic N) is 3. The van der Waals surface area contributed by atoms with Gasteiger partial charge < -0.3 is 45.6 Å². The fourth-order valence-electron chi connectivity index (χ4n) is 5.96. The second-order valence-electron chi connectivity index (χ2n) is 13.1. The molecule has 5 aromatic rings. The topological polar surface area (TPSA) is 205 Å². The van der Waals surface area contributed by atoms with Crippen molar-refractivity contribution in [2.75, 3.05) is 19.0 Å². The van der Waals surface area contributed by atoms with Crippen LogP contribution in [0, 0.1) is 6.92 Å². The maximum Gasteiger partial charge on any atom is 1.00 e. The Labute approximate surface area is 373 Å². The average molecular weight is 794 g/mol. The van der Waals surface area contributed by atoms with Crippen LogP contribution in [0.15, 0.2) is 113 Å². The number of amides is 1. The number of unbranched alkanes of at least 4 members (excludes halogenated alkanes) is 1. The molecule has 0 saturated heterocycles. The molecule has 57 heavy (non-hydrogen) atoms. The number of aromatic hydroxyl groups is 2. The number of hydrogen-bond donors (Lipinski definition) is 3. The molecule has 0 saturated carbocycles. The number of esters is 1. The number of phenols is 2. The van der Waals surface area contributed by atoms with E-state index >= 15 is 0 Å². The number of anilines is 1. The first kappa shape index (κ1) is 44.4. The summed E-state index contributed by atoms with van der Waals surface area (Å²) >= 11 is 0. The van der Waals surface area contributed by atoms with Crippen LogP contribution in [0.4, 0.5) is 17.1 Å². The Kier molecular flexibility index (Phi) is 15.3. The molecule has 2 heterocycles. The van der Waals surface area contributed by atoms with Crippen molar-refractivity contribution >= 4 is 41.0 Å². The van der Waals surface area contributed by atoms with Gasteiger partial charge in [0.25, 0.3) is 0 Å². The number of benzene rings is 5. The van der Waals surface area contributed by atoms with Gasteiger partial charge in [-0.15, -0.1) is 17.7 Å². The van der Waals surface area contributed by atoms with Crippen molar-refractivity contribution in [3.63, 3.8) is 0 Å². The Morgan fingerprint density at radius 2 is 1.39 bits per heavy atom. The summed E-state index contributed by atoms with van der Waals surface area (Å²) in [6, 6.07) is 27.7. The SMILES string of the molecule is CCCC[C@H]([NH-])C(N)=O.CN(C)c1ccc(N=Nc2ccc([C-]=O)cc2)cc1.[CH2-]C(=O)c1ccc2c(c1)C(=O)OC21c2ccc(O)cc2Oc2cc(O)ccc21.[K+]. The van der Waals surface area contributed by atoms with Gasteiger partial charge in [0.2, 0.25) is 0 Å². The van der Waals surface area contributed by atoms with Crippen molar-refractivity contribution in [2.45, 2.75) is 37.8 Å². The van der Waals surface area contributed by atoms with E-state index in [1.165, 1.54) is 30.3 Å². The van der Waals surface area contributed by atoms with Gasteiger partial charge in [-0.3, -0.25) is 4.79 Å². The second-order valence-corrected chi connectivity index (χ2v) is 13.1. The van der Waals surface area contributed by atoms with E-state index in [9.17, 15) is 29.4 Å². The number of azo groups is 1. The Morgan fingerprint density at radius 3 is 1.86 bits per heavy atom. The Bertz CT molecular complexity index is 2230. The van der Waals surface area contributed by atoms with Gasteiger partial charge in [0.05, 0.1) is 23.2 Å². The average Bonchev–Trinajstić information content (AvgIpc) is 3.47. The van der Waals surface area contributed by atoms with Gasteiger partial charge in [0, 0.05) is 54.4 Å². The first-order chi connectivity index (χ1) is 26.8. The van der Waals surface area contributed by atoms with E-state index in [1.807, 2.05) is 56.5 Å². The molecule has 0 aromatic heterocycles. The molecule has 2 aliphatic rings. The standard InChI is InChI=1S/C22H13O6.C15H14N3O.C6H13N2O.K/c1-11(23)12-2-5-16-15(8-12)21(26)28-22(16)17-6-3-13(24)9-19(17)27-20-10-14(25)4-7-18(20)22;1-18(2)15-9-7-14(8-10-15)17-16-13-5-3-12(11-19)4-6-13;1-2-3-4-5(7)6(8)9;/h2-10,24-25H,1H2;3-10H,1-2H3;5,7H,2-4H2,1H3,(H2,8,9);/q3*-1;+1/t;;5-;/m..0./s1. The first-order valence-corrected chi connectivity index (χ1v) is 17.5. The van der Waals surface area contributed by atoms with Crippen molar-refractivity contribution in [1.29, 1.82) is 0 Å². The summed E-state index contributed by atoms with van der Waals surface area (Å²) in [7, 11) is 3.98. The van der Waals surface area contributed by atoms with Crippen LogP contribution in [0.25, 0.3) is 5.73 Å². The third-order valence-corrected chi connectivity index (χ3v) is 8.92. The number of nitrogens with two attached hydrogens (primary N) is 1. The molecular weight excluding hydrogens is 754 g/mol. The predicted molar refractivity (Wildman–Crippen MR) is 211 cm³/mol. The molecule has 0 unspecified atom stereocenters. The van der Waals surface area contributed by atoms with Crippen LogP contribution in [-0.2, 0) is 19.9 Å². The smallest absolute Gasteiger partial charge is 0.667 e. The largest absolute Gasteiger partial charge is 1.00 e. The van der Waals surface area contributed by atoms with Crippen molar-refractivity contribution in [3.8, 4) is 23.0 Å². The number of carbonyl (C=O) groups excluding carboxylic acids is 4. The summed E-state index contributed by atoms with van der Waals surface area (Å²) in [5.74, 6) is -0.923. The minimum atomic E-state index is -1.32. The summed E-state index contributed by atoms with van der Waals surface area (Å²) in [5, 5.41) is 28.0. The van der Waals surface area contributed by atoms with Crippen LogP contribution in [-0.4, -0.2) is 54.3 Å². The quantitative estimate of drug-likeness (QED) is 0.0574. The Hall–Kier alpha value is -5.35. The molecule has 7 rings (SSSR count). The number of rotatable bonds is 9. The van der Waals surface area contributed by atoms with Crippen molar-refractivity contribution in [3.05, 3.63) is 149 Å². The second kappa shape index (κ2) is 19.7. The molecule has 1 amide bonds. The molecule has 2 aliphatic heterocycles. The zero-order chi connectivity index (χ0) is 40.6. The number of ether oxygens (including phenoxy) is 2. The number of ketones is 1. The van der Waals surface area contributed by atoms with Gasteiger partial charge in [-0.05, 0) is 48.5 Å². The molecule has 14 heteroatoms. The van der Waals surface area contributed by atoms with Crippen LogP contribution in [0.1, 0.15) is 69.2 Å². The number of carbonyl (C=O) groups is 3. The maximum atomic E-state index is 12.8. The van der Waals surface area contributed by atoms with Crippen molar-refractivity contribution in [2.24, 2.45) is 16.0 Å². The minimum Gasteiger partial charge on any atom is -0.667 e. The first-order valence-electron chi connectivity index (χ1n) is 17.5. The third kappa shape index (κ3) is 10.3. The molecule has 0 aliphatic carbocycles. The molecule has 0 fully saturated rings. The van der Waals surface area contributed by atoms with Crippen LogP contribution >= 0.6 is 0 Å². The van der Waals surface area contributed by atoms with E-state index in [2.05, 4.69) is 17.2 Å². The molecule has 1 atom stereocenters. The molecule has 5 N–H and O–H groups in total. The van der Waals surface area contributed by atoms with E-state index in [1.54, 1.807) is 48.5 Å². The monoisotopic (exact) mass is 793 g/mol. The molecule has 288 valence electrons. The Balaban J connectivity index is 0.000000216. The van der Waals surface area contributed by atoms with Crippen LogP contribution in [0.3, 0.4) is 0 Å². The van der Waals surface area contributed by atoms with Gasteiger partial charge in [-0.1, -0.05) is 50.4 Å². The number of hydrogen-bond acceptors (Lipinski definition) is 11. The summed E-state index contributed by atoms with van der Waals surface area (Å²) in [6.45, 7) is 5.41. The van der Waals surface area contributed by atoms with E-state index in [4.69, 9.17) is 20.9 Å². The molecular formula is C43H40KN5O8-2. The number of phenolic OH excluding ortho intramolecular Hbond substituents is 2. The van der Waals surface area contributed by atoms with Crippen LogP contribution in [0.5, 0.6) is 23.0 Å². The van der Waals surface area contributed by atoms with E-state index in [0.717, 1.165) is 24.2 Å². The minimum absolute atomic E-state index is 0. The summed E-state index contributed by atoms with van der Waals surface area (Å²) in [6.07, 6.45) is 4.35. The van der Waals surface area contributed by atoms with Gasteiger partial charge in [-0.25, -0.2) is 4.79 Å². The number of primary amides is 1. The van der Waals surface area contributed by atoms with Crippen LogP contribution in [0.2, 0.25) is 0 Å². The van der Waals surface area contributed by atoms with Gasteiger partial charge in [0.15, 0.2) is 11.5 Å². The van der Waals surface area contributed by atoms with Gasteiger partial charge in [0.1, 0.15) is 23.0 Å². The summed E-state index contributed by atoms with van der Waals surface area (Å²) in [4.78, 5) is 47.1. The number of Topliss-reactive ketones (excluding diaryl/α,β-unsaturated/α-hetero) is 1. The zero-order valence-electron chi connectivity index (χ0n) is 32.0. The molecule has 0 radical (unpaired) electrons. The Morgan fingerprint density at radius 1 is 0.860 bits per heavy atom. The third-order valence-electron chi connectivity index (χ3n) is 8.92. The van der Waals surface area contributed by atoms with Crippen LogP contribution < -0.4 is 66.8 Å². The van der Waals surface area contributed by atoms with Crippen molar-refractivity contribution < 1.29 is 90.2 Å². The molecule has 5 aromatic carbocycles. The molecule has 0 bridgehead atoms.